The summed E-state index contributed by atoms with van der Waals surface area (Å²) in [7, 11) is -0.918. The molecule has 0 saturated heterocycles. The molecule has 0 bridgehead atoms. The van der Waals surface area contributed by atoms with Gasteiger partial charge in [-0.3, -0.25) is 0 Å². The third-order valence-electron chi connectivity index (χ3n) is 5.49. The first-order valence-corrected chi connectivity index (χ1v) is 12.2. The molecule has 4 nitrogen and oxygen atoms in total. The Kier molecular flexibility index (Phi) is 6.53. The van der Waals surface area contributed by atoms with Crippen molar-refractivity contribution in [3.8, 4) is 11.5 Å². The molecule has 0 radical (unpaired) electrons. The summed E-state index contributed by atoms with van der Waals surface area (Å²) in [5.41, 5.74) is 2.39. The number of ether oxygens (including phenoxy) is 2. The van der Waals surface area contributed by atoms with Crippen LogP contribution < -0.4 is 14.7 Å². The Balaban J connectivity index is 1.97. The zero-order valence-corrected chi connectivity index (χ0v) is 19.5. The fraction of sp³-hybridized carbons (Fsp3) is 0.192. The average Bonchev–Trinajstić information content (AvgIpc) is 3.34. The van der Waals surface area contributed by atoms with Gasteiger partial charge in [-0.2, -0.15) is 0 Å². The summed E-state index contributed by atoms with van der Waals surface area (Å²) in [5, 5.41) is 0.998. The molecule has 0 aliphatic rings. The molecule has 0 amide bonds. The molecule has 4 aromatic rings. The maximum Gasteiger partial charge on any atom is 0.119 e. The van der Waals surface area contributed by atoms with Gasteiger partial charge < -0.3 is 14.0 Å². The van der Waals surface area contributed by atoms with Gasteiger partial charge in [0.15, 0.2) is 0 Å². The maximum atomic E-state index is 5.87. The van der Waals surface area contributed by atoms with Crippen LogP contribution in [0.1, 0.15) is 25.0 Å². The summed E-state index contributed by atoms with van der Waals surface area (Å²) < 4.78 is 14.0. The normalized spacial score (nSPS) is 11.7. The fourth-order valence-electron chi connectivity index (χ4n) is 4.16. The van der Waals surface area contributed by atoms with Crippen molar-refractivity contribution in [2.24, 2.45) is 0 Å². The molecule has 0 spiro atoms. The maximum absolute atomic E-state index is 5.87. The molecule has 1 heterocycles. The predicted octanol–water partition coefficient (Wildman–Crippen LogP) is 3.92. The molecule has 1 aromatic heterocycles. The topological polar surface area (TPSA) is 36.3 Å². The smallest absolute Gasteiger partial charge is 0.119 e. The van der Waals surface area contributed by atoms with E-state index in [9.17, 15) is 0 Å². The molecule has 0 fully saturated rings. The molecule has 0 aliphatic heterocycles. The summed E-state index contributed by atoms with van der Waals surface area (Å²) in [4.78, 5) is 4.42. The highest BCUT2D eigenvalue weighted by Gasteiger charge is 2.37. The molecule has 158 valence electrons. The van der Waals surface area contributed by atoms with Crippen LogP contribution in [0.3, 0.4) is 0 Å². The highest BCUT2D eigenvalue weighted by molar-refractivity contribution is 6.57. The van der Waals surface area contributed by atoms with Crippen LogP contribution in [0.4, 0.5) is 0 Å². The number of hydrogen-bond donors (Lipinski definition) is 0. The Labute approximate surface area is 186 Å². The van der Waals surface area contributed by atoms with Gasteiger partial charge in [-0.1, -0.05) is 59.8 Å². The zero-order chi connectivity index (χ0) is 21.5. The number of benzene rings is 3. The minimum Gasteiger partial charge on any atom is -0.494 e. The summed E-state index contributed by atoms with van der Waals surface area (Å²) >= 11 is 0. The molecule has 0 saturated carbocycles. The Hall–Kier alpha value is -3.31. The first-order chi connectivity index (χ1) is 15.3. The lowest BCUT2D eigenvalue weighted by Crippen LogP contribution is -2.46. The van der Waals surface area contributed by atoms with E-state index in [0.29, 0.717) is 13.2 Å². The second-order valence-corrected chi connectivity index (χ2v) is 9.61. The van der Waals surface area contributed by atoms with E-state index in [0.717, 1.165) is 11.5 Å². The highest BCUT2D eigenvalue weighted by Crippen LogP contribution is 2.36. The van der Waals surface area contributed by atoms with Gasteiger partial charge in [-0.05, 0) is 49.2 Å². The van der Waals surface area contributed by atoms with Crippen LogP contribution in [0.2, 0.25) is 0 Å². The van der Waals surface area contributed by atoms with Crippen molar-refractivity contribution < 1.29 is 9.47 Å². The summed E-state index contributed by atoms with van der Waals surface area (Å²) in [6.07, 6.45) is 5.85. The van der Waals surface area contributed by atoms with E-state index in [1.807, 2.05) is 38.5 Å². The number of imidazole rings is 1. The lowest BCUT2D eigenvalue weighted by Gasteiger charge is -2.37. The van der Waals surface area contributed by atoms with Gasteiger partial charge >= 0.3 is 0 Å². The SMILES string of the molecule is CCOc1cccc(C([SiH2]c2ccccc2)(c2cccc(OCC)c2)n2ccnc2)c1. The molecule has 5 heteroatoms. The van der Waals surface area contributed by atoms with Gasteiger partial charge in [0.1, 0.15) is 11.5 Å². The fourth-order valence-corrected chi connectivity index (χ4v) is 6.47. The van der Waals surface area contributed by atoms with E-state index < -0.39 is 9.52 Å². The van der Waals surface area contributed by atoms with E-state index in [1.54, 1.807) is 0 Å². The van der Waals surface area contributed by atoms with E-state index in [1.165, 1.54) is 16.3 Å². The van der Waals surface area contributed by atoms with Crippen molar-refractivity contribution in [2.75, 3.05) is 13.2 Å². The Morgan fingerprint density at radius 3 is 1.94 bits per heavy atom. The van der Waals surface area contributed by atoms with Crippen LogP contribution in [-0.2, 0) is 5.16 Å². The first-order valence-electron chi connectivity index (χ1n) is 10.8. The molecule has 4 rings (SSSR count). The summed E-state index contributed by atoms with van der Waals surface area (Å²) in [6, 6.07) is 27.7. The van der Waals surface area contributed by atoms with E-state index in [-0.39, 0.29) is 5.16 Å². The molecule has 31 heavy (non-hydrogen) atoms. The van der Waals surface area contributed by atoms with Crippen LogP contribution in [0.5, 0.6) is 11.5 Å². The third kappa shape index (κ3) is 4.42. The molecule has 0 unspecified atom stereocenters. The van der Waals surface area contributed by atoms with Crippen LogP contribution in [0.15, 0.2) is 97.6 Å². The second-order valence-electron chi connectivity index (χ2n) is 7.41. The van der Waals surface area contributed by atoms with Gasteiger partial charge in [-0.15, -0.1) is 0 Å². The number of nitrogens with zero attached hydrogens (tertiary/aromatic N) is 2. The van der Waals surface area contributed by atoms with Crippen LogP contribution in [0.25, 0.3) is 0 Å². The molecule has 0 atom stereocenters. The lowest BCUT2D eigenvalue weighted by atomic mass is 9.96. The molecule has 0 N–H and O–H groups in total. The van der Waals surface area contributed by atoms with Crippen molar-refractivity contribution in [1.82, 2.24) is 9.55 Å². The van der Waals surface area contributed by atoms with Gasteiger partial charge in [0.2, 0.25) is 0 Å². The Morgan fingerprint density at radius 2 is 1.42 bits per heavy atom. The summed E-state index contributed by atoms with van der Waals surface area (Å²) in [5.74, 6) is 1.76. The van der Waals surface area contributed by atoms with E-state index in [4.69, 9.17) is 9.47 Å². The molecule has 0 aliphatic carbocycles. The Bertz CT molecular complexity index is 1050. The van der Waals surface area contributed by atoms with Crippen molar-refractivity contribution >= 4 is 14.7 Å². The predicted molar refractivity (Wildman–Crippen MR) is 128 cm³/mol. The zero-order valence-electron chi connectivity index (χ0n) is 18.1. The number of hydrogen-bond acceptors (Lipinski definition) is 3. The number of aromatic nitrogens is 2. The van der Waals surface area contributed by atoms with Crippen molar-refractivity contribution in [2.45, 2.75) is 19.0 Å². The quantitative estimate of drug-likeness (QED) is 0.379. The summed E-state index contributed by atoms with van der Waals surface area (Å²) in [6.45, 7) is 5.30. The van der Waals surface area contributed by atoms with Crippen molar-refractivity contribution in [1.29, 1.82) is 0 Å². The van der Waals surface area contributed by atoms with Gasteiger partial charge in [-0.25, -0.2) is 4.98 Å². The lowest BCUT2D eigenvalue weighted by molar-refractivity contribution is 0.338. The van der Waals surface area contributed by atoms with Crippen molar-refractivity contribution in [3.05, 3.63) is 109 Å². The van der Waals surface area contributed by atoms with Gasteiger partial charge in [0, 0.05) is 12.4 Å². The minimum atomic E-state index is -0.918. The molecule has 3 aromatic carbocycles. The molecular weight excluding hydrogens is 400 g/mol. The average molecular weight is 429 g/mol. The van der Waals surface area contributed by atoms with E-state index >= 15 is 0 Å². The largest absolute Gasteiger partial charge is 0.494 e. The second kappa shape index (κ2) is 9.66. The third-order valence-corrected chi connectivity index (χ3v) is 8.07. The highest BCUT2D eigenvalue weighted by atomic mass is 28.2. The first kappa shape index (κ1) is 20.9. The standard InChI is InChI=1S/C26H28N2O2Si/c1-3-29-23-12-8-10-21(18-23)26(28-17-16-27-20-28,31-25-14-6-5-7-15-25)22-11-9-13-24(19-22)30-4-2/h5-20H,3-4,31H2,1-2H3. The van der Waals surface area contributed by atoms with E-state index in [2.05, 4.69) is 82.5 Å². The Morgan fingerprint density at radius 1 is 0.806 bits per heavy atom. The van der Waals surface area contributed by atoms with Crippen molar-refractivity contribution in [3.63, 3.8) is 0 Å². The van der Waals surface area contributed by atoms with Crippen LogP contribution >= 0.6 is 0 Å². The molecular formula is C26H28N2O2Si. The van der Waals surface area contributed by atoms with Crippen LogP contribution in [-0.4, -0.2) is 32.3 Å². The monoisotopic (exact) mass is 428 g/mol. The van der Waals surface area contributed by atoms with Crippen LogP contribution in [0, 0.1) is 0 Å². The van der Waals surface area contributed by atoms with Gasteiger partial charge in [0.25, 0.3) is 0 Å². The number of rotatable bonds is 9. The minimum absolute atomic E-state index is 0.377. The van der Waals surface area contributed by atoms with Gasteiger partial charge in [0.05, 0.1) is 34.2 Å².